The van der Waals surface area contributed by atoms with Crippen LogP contribution in [0.5, 0.6) is 0 Å². The van der Waals surface area contributed by atoms with E-state index in [2.05, 4.69) is 9.98 Å². The Kier molecular flexibility index (Phi) is 6.43. The van der Waals surface area contributed by atoms with Gasteiger partial charge in [0.05, 0.1) is 22.1 Å². The zero-order chi connectivity index (χ0) is 20.3. The molecule has 152 valence electrons. The van der Waals surface area contributed by atoms with Gasteiger partial charge in [0, 0.05) is 25.0 Å². The number of nitrogens with zero attached hydrogens (tertiary/aromatic N) is 2. The summed E-state index contributed by atoms with van der Waals surface area (Å²) >= 11 is 5.89. The number of rotatable bonds is 6. The molecular weight excluding hydrogens is 411 g/mol. The number of aliphatic imine (C=N–C) groups is 2. The number of ether oxygens (including phenoxy) is 1. The van der Waals surface area contributed by atoms with E-state index in [1.807, 2.05) is 10.3 Å². The Bertz CT molecular complexity index is 929. The van der Waals surface area contributed by atoms with E-state index in [1.165, 1.54) is 18.3 Å². The van der Waals surface area contributed by atoms with Crippen molar-refractivity contribution in [2.45, 2.75) is 25.9 Å². The first-order chi connectivity index (χ1) is 13.2. The van der Waals surface area contributed by atoms with Crippen LogP contribution < -0.4 is 10.3 Å². The van der Waals surface area contributed by atoms with Crippen molar-refractivity contribution in [1.29, 1.82) is 0 Å². The first-order valence-corrected chi connectivity index (χ1v) is 10.8. The normalized spacial score (nSPS) is 20.2. The highest BCUT2D eigenvalue weighted by atomic mass is 35.5. The van der Waals surface area contributed by atoms with Gasteiger partial charge in [-0.3, -0.25) is 20.2 Å². The molecule has 28 heavy (non-hydrogen) atoms. The van der Waals surface area contributed by atoms with Gasteiger partial charge >= 0.3 is 0 Å². The van der Waals surface area contributed by atoms with Crippen molar-refractivity contribution in [3.05, 3.63) is 34.1 Å². The molecule has 0 radical (unpaired) electrons. The van der Waals surface area contributed by atoms with Gasteiger partial charge < -0.3 is 4.74 Å². The highest BCUT2D eigenvalue weighted by Gasteiger charge is 2.24. The van der Waals surface area contributed by atoms with Crippen LogP contribution in [-0.2, 0) is 14.8 Å². The van der Waals surface area contributed by atoms with Crippen molar-refractivity contribution in [2.24, 2.45) is 15.9 Å². The second kappa shape index (κ2) is 8.64. The van der Waals surface area contributed by atoms with E-state index in [4.69, 9.17) is 16.3 Å². The molecule has 1 aromatic carbocycles. The minimum Gasteiger partial charge on any atom is -0.381 e. The van der Waals surface area contributed by atoms with Crippen molar-refractivity contribution in [2.75, 3.05) is 19.0 Å². The van der Waals surface area contributed by atoms with Gasteiger partial charge in [-0.1, -0.05) is 11.6 Å². The molecule has 3 rings (SSSR count). The van der Waals surface area contributed by atoms with Crippen LogP contribution in [0.15, 0.2) is 22.1 Å². The maximum atomic E-state index is 14.3. The molecule has 1 aromatic rings. The largest absolute Gasteiger partial charge is 0.381 e. The number of sulfonamides is 1. The van der Waals surface area contributed by atoms with Crippen LogP contribution in [-0.4, -0.2) is 51.4 Å². The molecule has 0 bridgehead atoms. The van der Waals surface area contributed by atoms with Crippen LogP contribution in [0.2, 0.25) is 5.02 Å². The van der Waals surface area contributed by atoms with Gasteiger partial charge in [0.2, 0.25) is 10.0 Å². The lowest BCUT2D eigenvalue weighted by Gasteiger charge is -2.21. The van der Waals surface area contributed by atoms with Gasteiger partial charge in [-0.05, 0) is 37.8 Å². The number of hydrazine groups is 1. The van der Waals surface area contributed by atoms with Crippen molar-refractivity contribution in [3.63, 3.8) is 0 Å². The monoisotopic (exact) mass is 430 g/mol. The van der Waals surface area contributed by atoms with E-state index < -0.39 is 27.3 Å². The van der Waals surface area contributed by atoms with Crippen LogP contribution >= 0.6 is 11.6 Å². The third kappa shape index (κ3) is 5.13. The molecule has 0 aliphatic carbocycles. The lowest BCUT2D eigenvalue weighted by atomic mass is 10.0. The quantitative estimate of drug-likeness (QED) is 0.669. The van der Waals surface area contributed by atoms with Crippen LogP contribution in [0, 0.1) is 11.7 Å². The predicted molar refractivity (Wildman–Crippen MR) is 104 cm³/mol. The summed E-state index contributed by atoms with van der Waals surface area (Å²) in [4.78, 5) is 22.7. The van der Waals surface area contributed by atoms with Crippen molar-refractivity contribution < 1.29 is 22.3 Å². The molecule has 0 saturated carbocycles. The fourth-order valence-corrected chi connectivity index (χ4v) is 4.46. The van der Waals surface area contributed by atoms with E-state index in [0.717, 1.165) is 0 Å². The molecule has 2 heterocycles. The zero-order valence-corrected chi connectivity index (χ0v) is 16.7. The highest BCUT2D eigenvalue weighted by molar-refractivity contribution is 7.89. The molecule has 0 aromatic heterocycles. The van der Waals surface area contributed by atoms with E-state index in [-0.39, 0.29) is 22.9 Å². The third-order valence-corrected chi connectivity index (χ3v) is 6.02. The molecule has 1 atom stereocenters. The smallest absolute Gasteiger partial charge is 0.269 e. The molecule has 1 unspecified atom stereocenters. The number of nitrogens with one attached hydrogen (secondary N) is 2. The Balaban J connectivity index is 1.70. The third-order valence-electron chi connectivity index (χ3n) is 4.42. The first kappa shape index (κ1) is 20.8. The highest BCUT2D eigenvalue weighted by Crippen LogP contribution is 2.22. The molecule has 1 amide bonds. The first-order valence-electron chi connectivity index (χ1n) is 8.73. The number of hydrogen-bond acceptors (Lipinski definition) is 6. The fraction of sp³-hybridized carbons (Fsp3) is 0.471. The summed E-state index contributed by atoms with van der Waals surface area (Å²) in [7, 11) is -3.78. The van der Waals surface area contributed by atoms with Crippen LogP contribution in [0.25, 0.3) is 0 Å². The van der Waals surface area contributed by atoms with Crippen LogP contribution in [0.3, 0.4) is 0 Å². The van der Waals surface area contributed by atoms with Gasteiger partial charge in [0.15, 0.2) is 5.82 Å². The zero-order valence-electron chi connectivity index (χ0n) is 15.1. The Morgan fingerprint density at radius 3 is 2.71 bits per heavy atom. The summed E-state index contributed by atoms with van der Waals surface area (Å²) in [5.41, 5.74) is 2.52. The molecule has 0 spiro atoms. The number of hydrogen-bond donors (Lipinski definition) is 2. The van der Waals surface area contributed by atoms with E-state index in [9.17, 15) is 17.6 Å². The Morgan fingerprint density at radius 1 is 1.36 bits per heavy atom. The SMILES string of the molecule is CC1N=CC(c2cc(Cl)c(F)c(C(=O)NNS(=O)(=O)CC3CCOCC3)c2)=N1. The Hall–Kier alpha value is -1.88. The maximum Gasteiger partial charge on any atom is 0.269 e. The molecule has 2 aliphatic heterocycles. The minimum absolute atomic E-state index is 0.0562. The molecule has 2 N–H and O–H groups in total. The average Bonchev–Trinajstić information content (AvgIpc) is 3.09. The summed E-state index contributed by atoms with van der Waals surface area (Å²) < 4.78 is 43.9. The van der Waals surface area contributed by atoms with Crippen molar-refractivity contribution in [3.8, 4) is 0 Å². The summed E-state index contributed by atoms with van der Waals surface area (Å²) in [5.74, 6) is -2.11. The van der Waals surface area contributed by atoms with Crippen LogP contribution in [0.1, 0.15) is 35.7 Å². The second-order valence-electron chi connectivity index (χ2n) is 6.64. The predicted octanol–water partition coefficient (Wildman–Crippen LogP) is 1.69. The summed E-state index contributed by atoms with van der Waals surface area (Å²) in [6, 6.07) is 2.60. The number of carbonyl (C=O) groups excluding carboxylic acids is 1. The van der Waals surface area contributed by atoms with Gasteiger partial charge in [0.1, 0.15) is 6.17 Å². The standard InChI is InChI=1S/C17H20ClFN4O4S/c1-10-20-8-15(21-10)12-6-13(16(19)14(18)7-12)17(24)22-23-28(25,26)9-11-2-4-27-5-3-11/h6-8,10-11,23H,2-5,9H2,1H3,(H,22,24). The topological polar surface area (TPSA) is 109 Å². The lowest BCUT2D eigenvalue weighted by molar-refractivity contribution is 0.0722. The second-order valence-corrected chi connectivity index (χ2v) is 8.81. The number of amides is 1. The van der Waals surface area contributed by atoms with E-state index in [0.29, 0.717) is 37.3 Å². The van der Waals surface area contributed by atoms with E-state index in [1.54, 1.807) is 6.92 Å². The van der Waals surface area contributed by atoms with Gasteiger partial charge in [-0.25, -0.2) is 12.8 Å². The van der Waals surface area contributed by atoms with Gasteiger partial charge in [-0.2, -0.15) is 0 Å². The lowest BCUT2D eigenvalue weighted by Crippen LogP contribution is -2.44. The summed E-state index contributed by atoms with van der Waals surface area (Å²) in [5, 5.41) is -0.275. The van der Waals surface area contributed by atoms with Crippen LogP contribution in [0.4, 0.5) is 4.39 Å². The molecule has 11 heteroatoms. The summed E-state index contributed by atoms with van der Waals surface area (Å²) in [6.07, 6.45) is 2.49. The Labute approximate surface area is 167 Å². The summed E-state index contributed by atoms with van der Waals surface area (Å²) in [6.45, 7) is 2.79. The molecule has 1 fully saturated rings. The molecule has 2 aliphatic rings. The number of carbonyl (C=O) groups is 1. The minimum atomic E-state index is -3.78. The average molecular weight is 431 g/mol. The van der Waals surface area contributed by atoms with E-state index >= 15 is 0 Å². The molecule has 1 saturated heterocycles. The molecular formula is C17H20ClFN4O4S. The fourth-order valence-electron chi connectivity index (χ4n) is 2.95. The van der Waals surface area contributed by atoms with Gasteiger partial charge in [-0.15, -0.1) is 4.83 Å². The molecule has 8 nitrogen and oxygen atoms in total. The Morgan fingerprint density at radius 2 is 2.07 bits per heavy atom. The van der Waals surface area contributed by atoms with Gasteiger partial charge in [0.25, 0.3) is 5.91 Å². The number of halogens is 2. The van der Waals surface area contributed by atoms with Crippen molar-refractivity contribution >= 4 is 39.5 Å². The maximum absolute atomic E-state index is 14.3. The van der Waals surface area contributed by atoms with Crippen molar-refractivity contribution in [1.82, 2.24) is 10.3 Å². The number of benzene rings is 1.